The number of carbonyl (C=O) groups is 4. The molecule has 2 aliphatic heterocycles. The number of benzene rings is 2. The number of sulfonamides is 1. The lowest BCUT2D eigenvalue weighted by atomic mass is 9.88. The van der Waals surface area contributed by atoms with Crippen LogP contribution in [-0.4, -0.2) is 96.5 Å². The van der Waals surface area contributed by atoms with Gasteiger partial charge >= 0.3 is 12.3 Å². The van der Waals surface area contributed by atoms with Gasteiger partial charge in [-0.25, -0.2) is 22.6 Å². The van der Waals surface area contributed by atoms with Crippen molar-refractivity contribution in [2.24, 2.45) is 17.8 Å². The number of ether oxygens (including phenoxy) is 3. The molecule has 4 aliphatic rings. The molecular weight excluding hydrogens is 851 g/mol. The van der Waals surface area contributed by atoms with E-state index in [2.05, 4.69) is 20.1 Å². The molecule has 7 rings (SSSR count). The Balaban J connectivity index is 1.26. The predicted octanol–water partition coefficient (Wildman–Crippen LogP) is 6.33. The number of alkyl carbamates (subject to hydrolysis) is 1. The Hall–Kier alpha value is -5.46. The summed E-state index contributed by atoms with van der Waals surface area (Å²) in [6.07, 6.45) is -4.15. The van der Waals surface area contributed by atoms with E-state index in [4.69, 9.17) is 14.5 Å². The number of hydrogen-bond donors (Lipinski definition) is 3. The molecule has 0 spiro atoms. The second-order valence-electron chi connectivity index (χ2n) is 17.6. The normalized spacial score (nSPS) is 28.2. The maximum absolute atomic E-state index is 14.9. The van der Waals surface area contributed by atoms with E-state index in [0.717, 1.165) is 4.90 Å². The first-order valence-corrected chi connectivity index (χ1v) is 22.4. The van der Waals surface area contributed by atoms with Crippen molar-refractivity contribution >= 4 is 44.6 Å². The van der Waals surface area contributed by atoms with E-state index >= 15 is 0 Å². The van der Waals surface area contributed by atoms with Gasteiger partial charge in [0, 0.05) is 23.3 Å². The fourth-order valence-corrected chi connectivity index (χ4v) is 9.64. The molecule has 0 bridgehead atoms. The first kappa shape index (κ1) is 45.6. The number of nitrogens with zero attached hydrogens (tertiary/aromatic N) is 2. The highest BCUT2D eigenvalue weighted by molar-refractivity contribution is 7.91. The SMILES string of the molecule is COc1ccc2c(O[C@@H]3C[C@H]4C(=O)N[C@]5(C(=O)NS(=O)(=O)C6(C)CC6)CC5/C=C\CC[C@@H](C)C[C@@H](C)[C@H](NC(=O)O[C@H](C)C(F)(F)F)C(=O)N4C3)nc(-c3ccc(F)cc3)cc2c1. The molecule has 2 aliphatic carbocycles. The van der Waals surface area contributed by atoms with Crippen LogP contribution >= 0.6 is 0 Å². The van der Waals surface area contributed by atoms with Crippen molar-refractivity contribution in [2.75, 3.05) is 13.7 Å². The number of carbonyl (C=O) groups excluding carboxylic acids is 4. The molecule has 0 radical (unpaired) electrons. The van der Waals surface area contributed by atoms with Crippen molar-refractivity contribution in [1.29, 1.82) is 0 Å². The van der Waals surface area contributed by atoms with E-state index in [1.165, 1.54) is 26.2 Å². The number of halogens is 4. The Morgan fingerprint density at radius 2 is 1.76 bits per heavy atom. The van der Waals surface area contributed by atoms with Gasteiger partial charge in [0.25, 0.3) is 5.91 Å². The monoisotopic (exact) mass is 901 g/mol. The molecule has 3 aromatic rings. The fraction of sp³-hybridized carbons (Fsp3) is 0.523. The van der Waals surface area contributed by atoms with E-state index in [0.29, 0.717) is 66.8 Å². The van der Waals surface area contributed by atoms with Crippen molar-refractivity contribution in [3.8, 4) is 22.9 Å². The zero-order chi connectivity index (χ0) is 45.6. The van der Waals surface area contributed by atoms with Crippen LogP contribution in [0.3, 0.4) is 0 Å². The summed E-state index contributed by atoms with van der Waals surface area (Å²) >= 11 is 0. The van der Waals surface area contributed by atoms with Gasteiger partial charge in [-0.1, -0.05) is 26.0 Å². The zero-order valence-corrected chi connectivity index (χ0v) is 36.3. The van der Waals surface area contributed by atoms with Gasteiger partial charge in [0.05, 0.1) is 24.1 Å². The largest absolute Gasteiger partial charge is 0.497 e. The van der Waals surface area contributed by atoms with Crippen molar-refractivity contribution in [3.05, 3.63) is 66.5 Å². The molecule has 8 atom stereocenters. The summed E-state index contributed by atoms with van der Waals surface area (Å²) < 4.78 is 98.5. The molecule has 4 amide bonds. The standard InChI is InChI=1S/C44H51F4N5O9S/c1-24-8-6-7-9-29-22-43(29,40(56)52-63(58,59)42(4)16-17-42)51-37(54)35-21-32(23-53(35)39(55)36(25(2)18-24)50-41(57)61-26(3)44(46,47)48)62-38-33-15-14-31(60-5)19-28(33)20-34(49-38)27-10-12-30(45)13-11-27/h7,9-15,19-20,24-26,29,32,35-36H,6,8,16-18,21-23H2,1-5H3,(H,50,57)(H,51,54)(H,52,56)/b9-7-/t24-,25-,26-,29?,32-,35+,36+,43-/m1/s1. The third-order valence-corrected chi connectivity index (χ3v) is 14.8. The molecule has 3 fully saturated rings. The van der Waals surface area contributed by atoms with Crippen LogP contribution in [0.5, 0.6) is 11.6 Å². The van der Waals surface area contributed by atoms with Crippen LogP contribution in [0.4, 0.5) is 22.4 Å². The third kappa shape index (κ3) is 9.72. The van der Waals surface area contributed by atoms with Gasteiger partial charge in [-0.15, -0.1) is 0 Å². The second kappa shape index (κ2) is 17.3. The number of alkyl halides is 3. The van der Waals surface area contributed by atoms with Gasteiger partial charge in [0.2, 0.25) is 27.7 Å². The Morgan fingerprint density at radius 3 is 2.43 bits per heavy atom. The van der Waals surface area contributed by atoms with Crippen LogP contribution in [0.1, 0.15) is 72.6 Å². The zero-order valence-electron chi connectivity index (χ0n) is 35.5. The fourth-order valence-electron chi connectivity index (χ4n) is 8.33. The number of allylic oxidation sites excluding steroid dienone is 1. The molecule has 2 saturated carbocycles. The van der Waals surface area contributed by atoms with E-state index in [1.54, 1.807) is 49.4 Å². The number of nitrogens with one attached hydrogen (secondary N) is 3. The Kier molecular flexibility index (Phi) is 12.5. The minimum atomic E-state index is -4.88. The lowest BCUT2D eigenvalue weighted by Crippen LogP contribution is -2.59. The van der Waals surface area contributed by atoms with Crippen molar-refractivity contribution in [3.63, 3.8) is 0 Å². The Bertz CT molecular complexity index is 2410. The van der Waals surface area contributed by atoms with Gasteiger partial charge in [-0.05, 0) is 118 Å². The van der Waals surface area contributed by atoms with Crippen LogP contribution in [0.25, 0.3) is 22.0 Å². The highest BCUT2D eigenvalue weighted by Crippen LogP contribution is 2.48. The van der Waals surface area contributed by atoms with Gasteiger partial charge in [0.1, 0.15) is 35.3 Å². The van der Waals surface area contributed by atoms with Crippen molar-refractivity contribution in [1.82, 2.24) is 25.2 Å². The van der Waals surface area contributed by atoms with E-state index in [-0.39, 0.29) is 31.2 Å². The van der Waals surface area contributed by atoms with Crippen molar-refractivity contribution < 1.29 is 59.4 Å². The predicted molar refractivity (Wildman–Crippen MR) is 222 cm³/mol. The molecular formula is C44H51F4N5O9S. The topological polar surface area (TPSA) is 182 Å². The molecule has 3 N–H and O–H groups in total. The summed E-state index contributed by atoms with van der Waals surface area (Å²) in [7, 11) is -2.61. The number of hydrogen-bond acceptors (Lipinski definition) is 10. The molecule has 3 heterocycles. The van der Waals surface area contributed by atoms with E-state index < -0.39 is 92.2 Å². The first-order valence-electron chi connectivity index (χ1n) is 20.9. The lowest BCUT2D eigenvalue weighted by Gasteiger charge is -2.33. The number of methoxy groups -OCH3 is 1. The lowest BCUT2D eigenvalue weighted by molar-refractivity contribution is -0.197. The van der Waals surface area contributed by atoms with Crippen LogP contribution in [0, 0.1) is 23.6 Å². The minimum absolute atomic E-state index is 0.0646. The van der Waals surface area contributed by atoms with Crippen LogP contribution in [0.15, 0.2) is 60.7 Å². The van der Waals surface area contributed by atoms with Gasteiger partial charge < -0.3 is 29.7 Å². The summed E-state index contributed by atoms with van der Waals surface area (Å²) in [5, 5.41) is 6.31. The molecule has 340 valence electrons. The molecule has 14 nitrogen and oxygen atoms in total. The highest BCUT2D eigenvalue weighted by atomic mass is 32.2. The van der Waals surface area contributed by atoms with Crippen molar-refractivity contribution in [2.45, 2.75) is 113 Å². The highest BCUT2D eigenvalue weighted by Gasteiger charge is 2.63. The average molecular weight is 902 g/mol. The van der Waals surface area contributed by atoms with Crippen LogP contribution < -0.4 is 24.8 Å². The average Bonchev–Trinajstić information content (AvgIpc) is 4.10. The molecule has 1 unspecified atom stereocenters. The first-order chi connectivity index (χ1) is 29.6. The summed E-state index contributed by atoms with van der Waals surface area (Å²) in [5.41, 5.74) is -0.728. The maximum Gasteiger partial charge on any atom is 0.425 e. The molecule has 63 heavy (non-hydrogen) atoms. The molecule has 2 aromatic carbocycles. The number of aromatic nitrogens is 1. The summed E-state index contributed by atoms with van der Waals surface area (Å²) in [6.45, 7) is 5.50. The van der Waals surface area contributed by atoms with Crippen LogP contribution in [-0.2, 0) is 29.1 Å². The summed E-state index contributed by atoms with van der Waals surface area (Å²) in [4.78, 5) is 62.5. The molecule has 1 aromatic heterocycles. The quantitative estimate of drug-likeness (QED) is 0.162. The van der Waals surface area contributed by atoms with E-state index in [9.17, 15) is 45.2 Å². The Morgan fingerprint density at radius 1 is 1.05 bits per heavy atom. The Labute approximate surface area is 362 Å². The van der Waals surface area contributed by atoms with Gasteiger partial charge in [0.15, 0.2) is 6.10 Å². The van der Waals surface area contributed by atoms with E-state index in [1.807, 2.05) is 13.0 Å². The van der Waals surface area contributed by atoms with Gasteiger partial charge in [-0.2, -0.15) is 13.2 Å². The second-order valence-corrected chi connectivity index (χ2v) is 19.8. The number of pyridine rings is 1. The minimum Gasteiger partial charge on any atom is -0.497 e. The number of fused-ring (bicyclic) bond motifs is 3. The number of rotatable bonds is 9. The summed E-state index contributed by atoms with van der Waals surface area (Å²) in [6, 6.07) is 9.70. The molecule has 19 heteroatoms. The summed E-state index contributed by atoms with van der Waals surface area (Å²) in [5.74, 6) is -3.71. The maximum atomic E-state index is 14.9. The smallest absolute Gasteiger partial charge is 0.425 e. The molecule has 1 saturated heterocycles. The van der Waals surface area contributed by atoms with Gasteiger partial charge in [-0.3, -0.25) is 19.1 Å². The third-order valence-electron chi connectivity index (χ3n) is 12.7. The number of amides is 4. The van der Waals surface area contributed by atoms with Crippen LogP contribution in [0.2, 0.25) is 0 Å².